The van der Waals surface area contributed by atoms with E-state index in [2.05, 4.69) is 12.1 Å². The van der Waals surface area contributed by atoms with Crippen LogP contribution in [-0.2, 0) is 14.6 Å². The topological polar surface area (TPSA) is 97.5 Å². The van der Waals surface area contributed by atoms with Crippen LogP contribution in [0, 0.1) is 0 Å². The Balaban J connectivity index is 1.75. The third-order valence-electron chi connectivity index (χ3n) is 5.65. The molecule has 1 aliphatic carbocycles. The molecule has 28 heavy (non-hydrogen) atoms. The highest BCUT2D eigenvalue weighted by atomic mass is 32.2. The molecule has 1 aromatic rings. The zero-order valence-corrected chi connectivity index (χ0v) is 17.1. The number of primary amides is 1. The van der Waals surface area contributed by atoms with E-state index < -0.39 is 21.5 Å². The number of allylic oxidation sites excluding steroid dienone is 2. The van der Waals surface area contributed by atoms with Gasteiger partial charge in [0.25, 0.3) is 0 Å². The molecule has 0 spiro atoms. The van der Waals surface area contributed by atoms with Crippen molar-refractivity contribution in [2.24, 2.45) is 5.73 Å². The Hall–Kier alpha value is -2.15. The van der Waals surface area contributed by atoms with Gasteiger partial charge in [0, 0.05) is 24.9 Å². The quantitative estimate of drug-likeness (QED) is 0.815. The number of piperidine rings is 1. The van der Waals surface area contributed by atoms with E-state index in [1.165, 1.54) is 12.0 Å². The predicted octanol–water partition coefficient (Wildman–Crippen LogP) is 2.49. The summed E-state index contributed by atoms with van der Waals surface area (Å²) in [4.78, 5) is 25.6. The molecule has 2 amide bonds. The normalized spacial score (nSPS) is 18.6. The van der Waals surface area contributed by atoms with E-state index in [1.54, 1.807) is 4.90 Å². The Morgan fingerprint density at radius 3 is 2.46 bits per heavy atom. The summed E-state index contributed by atoms with van der Waals surface area (Å²) < 4.78 is 22.7. The van der Waals surface area contributed by atoms with Crippen LogP contribution in [0.2, 0.25) is 0 Å². The second kappa shape index (κ2) is 8.47. The van der Waals surface area contributed by atoms with Gasteiger partial charge in [-0.25, -0.2) is 8.42 Å². The van der Waals surface area contributed by atoms with Crippen molar-refractivity contribution >= 4 is 27.2 Å². The maximum Gasteiger partial charge on any atom is 0.249 e. The van der Waals surface area contributed by atoms with E-state index in [-0.39, 0.29) is 11.8 Å². The van der Waals surface area contributed by atoms with E-state index in [9.17, 15) is 18.0 Å². The lowest BCUT2D eigenvalue weighted by Gasteiger charge is -2.32. The van der Waals surface area contributed by atoms with Crippen LogP contribution >= 0.6 is 0 Å². The lowest BCUT2D eigenvalue weighted by Crippen LogP contribution is -2.40. The Bertz CT molecular complexity index is 897. The molecule has 1 heterocycles. The van der Waals surface area contributed by atoms with Gasteiger partial charge in [0.2, 0.25) is 11.8 Å². The first-order valence-electron chi connectivity index (χ1n) is 9.83. The smallest absolute Gasteiger partial charge is 0.249 e. The number of nitrogens with two attached hydrogens (primary N) is 1. The average Bonchev–Trinajstić information content (AvgIpc) is 2.67. The number of carbonyl (C=O) groups excluding carboxylic acids is 2. The van der Waals surface area contributed by atoms with Gasteiger partial charge in [0.15, 0.2) is 9.84 Å². The number of likely N-dealkylation sites (tertiary alicyclic amines) is 1. The van der Waals surface area contributed by atoms with Gasteiger partial charge < -0.3 is 10.6 Å². The fourth-order valence-electron chi connectivity index (χ4n) is 4.16. The molecule has 1 aliphatic heterocycles. The number of hydrogen-bond donors (Lipinski definition) is 1. The number of hydrogen-bond acceptors (Lipinski definition) is 4. The van der Waals surface area contributed by atoms with Gasteiger partial charge in [-0.2, -0.15) is 0 Å². The fourth-order valence-corrected chi connectivity index (χ4v) is 4.79. The van der Waals surface area contributed by atoms with Gasteiger partial charge in [-0.15, -0.1) is 0 Å². The number of benzene rings is 1. The molecule has 152 valence electrons. The third kappa shape index (κ3) is 5.01. The molecular weight excluding hydrogens is 376 g/mol. The minimum Gasteiger partial charge on any atom is -0.366 e. The zero-order chi connectivity index (χ0) is 20.3. The van der Waals surface area contributed by atoms with Crippen molar-refractivity contribution in [2.75, 3.05) is 25.1 Å². The Morgan fingerprint density at radius 2 is 1.89 bits per heavy atom. The predicted molar refractivity (Wildman–Crippen MR) is 110 cm³/mol. The summed E-state index contributed by atoms with van der Waals surface area (Å²) in [6, 6.07) is 5.88. The van der Waals surface area contributed by atoms with Crippen LogP contribution in [0.3, 0.4) is 0 Å². The van der Waals surface area contributed by atoms with Crippen molar-refractivity contribution in [1.82, 2.24) is 4.90 Å². The molecule has 1 aromatic carbocycles. The molecule has 1 fully saturated rings. The van der Waals surface area contributed by atoms with Crippen molar-refractivity contribution in [3.8, 4) is 0 Å². The maximum atomic E-state index is 12.1. The molecule has 2 aliphatic rings. The summed E-state index contributed by atoms with van der Waals surface area (Å²) in [5.41, 5.74) is 9.46. The number of nitrogens with zero attached hydrogens (tertiary/aromatic N) is 1. The van der Waals surface area contributed by atoms with Gasteiger partial charge in [-0.3, -0.25) is 9.59 Å². The van der Waals surface area contributed by atoms with Gasteiger partial charge in [-0.1, -0.05) is 18.2 Å². The third-order valence-corrected chi connectivity index (χ3v) is 6.42. The molecule has 3 rings (SSSR count). The lowest BCUT2D eigenvalue weighted by atomic mass is 9.84. The highest BCUT2D eigenvalue weighted by Gasteiger charge is 2.26. The number of carbonyl (C=O) groups is 2. The van der Waals surface area contributed by atoms with Crippen molar-refractivity contribution in [2.45, 2.75) is 44.4 Å². The van der Waals surface area contributed by atoms with Crippen LogP contribution in [0.15, 0.2) is 24.3 Å². The summed E-state index contributed by atoms with van der Waals surface area (Å²) in [5.74, 6) is -0.872. The molecular formula is C21H28N2O4S. The van der Waals surface area contributed by atoms with Crippen molar-refractivity contribution in [1.29, 1.82) is 0 Å². The first-order chi connectivity index (χ1) is 13.2. The summed E-state index contributed by atoms with van der Waals surface area (Å²) in [7, 11) is -3.31. The summed E-state index contributed by atoms with van der Waals surface area (Å²) >= 11 is 0. The van der Waals surface area contributed by atoms with Crippen molar-refractivity contribution in [3.05, 3.63) is 41.0 Å². The first kappa shape index (κ1) is 20.6. The molecule has 0 radical (unpaired) electrons. The Labute approximate surface area is 166 Å². The van der Waals surface area contributed by atoms with E-state index in [4.69, 9.17) is 5.73 Å². The SMILES string of the molecule is CS(=O)(=O)CC(=O)N1CCC(c2ccc(C(N)=O)c(C3=CCCCC3)c2)CC1. The number of rotatable bonds is 5. The molecule has 0 saturated carbocycles. The molecule has 0 atom stereocenters. The Morgan fingerprint density at radius 1 is 1.18 bits per heavy atom. The summed E-state index contributed by atoms with van der Waals surface area (Å²) in [6.07, 6.45) is 9.14. The van der Waals surface area contributed by atoms with Crippen LogP contribution in [-0.4, -0.2) is 50.2 Å². The van der Waals surface area contributed by atoms with Gasteiger partial charge in [0.05, 0.1) is 0 Å². The minimum absolute atomic E-state index is 0.284. The highest BCUT2D eigenvalue weighted by molar-refractivity contribution is 7.91. The van der Waals surface area contributed by atoms with E-state index in [0.29, 0.717) is 18.7 Å². The van der Waals surface area contributed by atoms with E-state index in [0.717, 1.165) is 49.5 Å². The van der Waals surface area contributed by atoms with Crippen LogP contribution in [0.1, 0.15) is 65.9 Å². The number of amides is 2. The lowest BCUT2D eigenvalue weighted by molar-refractivity contribution is -0.129. The van der Waals surface area contributed by atoms with Crippen LogP contribution < -0.4 is 5.73 Å². The first-order valence-corrected chi connectivity index (χ1v) is 11.9. The maximum absolute atomic E-state index is 12.1. The standard InChI is InChI=1S/C21H28N2O4S/c1-28(26,27)14-20(24)23-11-9-15(10-12-23)17-7-8-18(21(22)25)19(13-17)16-5-3-2-4-6-16/h5,7-8,13,15H,2-4,6,9-12,14H2,1H3,(H2,22,25). The average molecular weight is 405 g/mol. The summed E-state index contributed by atoms with van der Waals surface area (Å²) in [6.45, 7) is 1.10. The molecule has 0 bridgehead atoms. The Kier molecular flexibility index (Phi) is 6.23. The zero-order valence-electron chi connectivity index (χ0n) is 16.3. The van der Waals surface area contributed by atoms with Gasteiger partial charge >= 0.3 is 0 Å². The summed E-state index contributed by atoms with van der Waals surface area (Å²) in [5, 5.41) is 0. The fraction of sp³-hybridized carbons (Fsp3) is 0.524. The van der Waals surface area contributed by atoms with Crippen LogP contribution in [0.5, 0.6) is 0 Å². The van der Waals surface area contributed by atoms with Crippen molar-refractivity contribution in [3.63, 3.8) is 0 Å². The molecule has 0 unspecified atom stereocenters. The largest absolute Gasteiger partial charge is 0.366 e. The van der Waals surface area contributed by atoms with E-state index in [1.807, 2.05) is 12.1 Å². The molecule has 7 heteroatoms. The van der Waals surface area contributed by atoms with Gasteiger partial charge in [-0.05, 0) is 67.2 Å². The highest BCUT2D eigenvalue weighted by Crippen LogP contribution is 2.34. The molecule has 1 saturated heterocycles. The monoisotopic (exact) mass is 404 g/mol. The van der Waals surface area contributed by atoms with Crippen LogP contribution in [0.4, 0.5) is 0 Å². The van der Waals surface area contributed by atoms with E-state index >= 15 is 0 Å². The van der Waals surface area contributed by atoms with Crippen molar-refractivity contribution < 1.29 is 18.0 Å². The van der Waals surface area contributed by atoms with Gasteiger partial charge in [0.1, 0.15) is 5.75 Å². The molecule has 2 N–H and O–H groups in total. The number of sulfone groups is 1. The second-order valence-corrected chi connectivity index (χ2v) is 10.0. The van der Waals surface area contributed by atoms with Crippen LogP contribution in [0.25, 0.3) is 5.57 Å². The minimum atomic E-state index is -3.31. The second-order valence-electron chi connectivity index (χ2n) is 7.87. The molecule has 0 aromatic heterocycles. The molecule has 6 nitrogen and oxygen atoms in total.